The molecule has 15 heavy (non-hydrogen) atoms. The summed E-state index contributed by atoms with van der Waals surface area (Å²) in [6.45, 7) is 3.50. The van der Waals surface area contributed by atoms with E-state index in [9.17, 15) is 10.1 Å². The van der Waals surface area contributed by atoms with Gasteiger partial charge in [0.05, 0.1) is 18.6 Å². The molecule has 1 rings (SSSR count). The fourth-order valence-corrected chi connectivity index (χ4v) is 1.25. The van der Waals surface area contributed by atoms with E-state index in [0.717, 1.165) is 0 Å². The highest BCUT2D eigenvalue weighted by molar-refractivity contribution is 5.46. The highest BCUT2D eigenvalue weighted by Gasteiger charge is 2.15. The molecule has 1 aromatic carbocycles. The molecular weight excluding hydrogens is 198 g/mol. The summed E-state index contributed by atoms with van der Waals surface area (Å²) in [5.74, 6) is 0.0644. The van der Waals surface area contributed by atoms with E-state index in [1.807, 2.05) is 0 Å². The first kappa shape index (κ1) is 11.5. The number of aliphatic hydroxyl groups excluding tert-OH is 1. The second-order valence-electron chi connectivity index (χ2n) is 3.06. The van der Waals surface area contributed by atoms with Crippen molar-refractivity contribution in [2.24, 2.45) is 0 Å². The number of benzene rings is 1. The molecule has 0 spiro atoms. The van der Waals surface area contributed by atoms with Crippen LogP contribution >= 0.6 is 0 Å². The first-order valence-corrected chi connectivity index (χ1v) is 4.36. The normalized spacial score (nSPS) is 12.2. The van der Waals surface area contributed by atoms with Gasteiger partial charge < -0.3 is 9.84 Å². The Labute approximate surface area is 87.5 Å². The number of aliphatic hydroxyl groups is 1. The van der Waals surface area contributed by atoms with Crippen molar-refractivity contribution in [2.45, 2.75) is 5.92 Å². The highest BCUT2D eigenvalue weighted by atomic mass is 16.6. The van der Waals surface area contributed by atoms with Crippen LogP contribution in [0.2, 0.25) is 0 Å². The Morgan fingerprint density at radius 3 is 2.80 bits per heavy atom. The average molecular weight is 210 g/mol. The number of nitro groups is 1. The van der Waals surface area contributed by atoms with E-state index in [4.69, 9.17) is 9.84 Å². The number of ether oxygens (including phenoxy) is 1. The van der Waals surface area contributed by atoms with Crippen molar-refractivity contribution >= 4 is 5.69 Å². The van der Waals surface area contributed by atoms with E-state index in [-0.39, 0.29) is 12.3 Å². The third kappa shape index (κ3) is 2.44. The summed E-state index contributed by atoms with van der Waals surface area (Å²) in [5.41, 5.74) is 0.502. The molecule has 5 nitrogen and oxygen atoms in total. The summed E-state index contributed by atoms with van der Waals surface area (Å²) in [6, 6.07) is 4.22. The molecule has 1 N–H and O–H groups in total. The fourth-order valence-electron chi connectivity index (χ4n) is 1.25. The zero-order chi connectivity index (χ0) is 11.4. The van der Waals surface area contributed by atoms with Crippen LogP contribution in [0.4, 0.5) is 5.69 Å². The van der Waals surface area contributed by atoms with E-state index in [1.165, 1.54) is 25.3 Å². The quantitative estimate of drug-likeness (QED) is 0.604. The molecule has 0 aromatic heterocycles. The van der Waals surface area contributed by atoms with Gasteiger partial charge in [0.15, 0.2) is 0 Å². The Hall–Kier alpha value is -1.62. The average Bonchev–Trinajstić information content (AvgIpc) is 2.27. The Morgan fingerprint density at radius 1 is 1.67 bits per heavy atom. The number of rotatable bonds is 4. The monoisotopic (exact) mass is 210 g/mol. The molecule has 1 aromatic rings. The maximum absolute atomic E-state index is 10.5. The van der Waals surface area contributed by atoms with Gasteiger partial charge in [-0.05, 0) is 13.0 Å². The summed E-state index contributed by atoms with van der Waals surface area (Å²) in [4.78, 5) is 10.1. The van der Waals surface area contributed by atoms with Crippen molar-refractivity contribution in [3.63, 3.8) is 0 Å². The second-order valence-corrected chi connectivity index (χ2v) is 3.06. The van der Waals surface area contributed by atoms with E-state index >= 15 is 0 Å². The molecular formula is C10H12NO4. The molecule has 0 aliphatic rings. The van der Waals surface area contributed by atoms with E-state index in [0.29, 0.717) is 11.3 Å². The number of nitrogens with zero attached hydrogens (tertiary/aromatic N) is 1. The van der Waals surface area contributed by atoms with E-state index < -0.39 is 10.8 Å². The Balaban J connectivity index is 3.18. The molecule has 0 aliphatic carbocycles. The van der Waals surface area contributed by atoms with Crippen LogP contribution < -0.4 is 4.74 Å². The van der Waals surface area contributed by atoms with Crippen LogP contribution in [-0.2, 0) is 0 Å². The Bertz CT molecular complexity index is 364. The maximum atomic E-state index is 10.5. The second kappa shape index (κ2) is 4.75. The molecule has 5 heteroatoms. The standard InChI is InChI=1S/C10H12NO4/c1-7(6-12)9-5-8(11(13)14)3-4-10(9)15-2/h3-5,7,12H,1,6H2,2H3. The first-order valence-electron chi connectivity index (χ1n) is 4.36. The minimum atomic E-state index is -0.493. The highest BCUT2D eigenvalue weighted by Crippen LogP contribution is 2.29. The lowest BCUT2D eigenvalue weighted by atomic mass is 10.0. The van der Waals surface area contributed by atoms with Gasteiger partial charge in [-0.2, -0.15) is 0 Å². The Morgan fingerprint density at radius 2 is 2.33 bits per heavy atom. The largest absolute Gasteiger partial charge is 0.496 e. The first-order chi connectivity index (χ1) is 7.10. The number of hydrogen-bond donors (Lipinski definition) is 1. The van der Waals surface area contributed by atoms with Gasteiger partial charge in [0.1, 0.15) is 5.75 Å². The van der Waals surface area contributed by atoms with Gasteiger partial charge in [0, 0.05) is 23.6 Å². The van der Waals surface area contributed by atoms with E-state index in [2.05, 4.69) is 6.92 Å². The number of nitro benzene ring substituents is 1. The van der Waals surface area contributed by atoms with Crippen LogP contribution in [0.3, 0.4) is 0 Å². The molecule has 1 atom stereocenters. The molecule has 0 aliphatic heterocycles. The predicted molar refractivity (Wildman–Crippen MR) is 54.8 cm³/mol. The van der Waals surface area contributed by atoms with Gasteiger partial charge in [-0.1, -0.05) is 0 Å². The minimum Gasteiger partial charge on any atom is -0.496 e. The van der Waals surface area contributed by atoms with Crippen LogP contribution in [0.5, 0.6) is 5.75 Å². The van der Waals surface area contributed by atoms with Crippen LogP contribution in [-0.4, -0.2) is 23.7 Å². The van der Waals surface area contributed by atoms with Gasteiger partial charge >= 0.3 is 0 Å². The smallest absolute Gasteiger partial charge is 0.269 e. The van der Waals surface area contributed by atoms with E-state index in [1.54, 1.807) is 0 Å². The molecule has 1 radical (unpaired) electrons. The maximum Gasteiger partial charge on any atom is 0.269 e. The topological polar surface area (TPSA) is 72.6 Å². The minimum absolute atomic E-state index is 0.0344. The van der Waals surface area contributed by atoms with Crippen LogP contribution in [0.25, 0.3) is 0 Å². The third-order valence-electron chi connectivity index (χ3n) is 2.08. The van der Waals surface area contributed by atoms with Crippen molar-refractivity contribution in [1.82, 2.24) is 0 Å². The molecule has 81 valence electrons. The summed E-state index contributed by atoms with van der Waals surface area (Å²) < 4.78 is 5.03. The molecule has 0 saturated heterocycles. The molecule has 0 bridgehead atoms. The van der Waals surface area contributed by atoms with Crippen LogP contribution in [0, 0.1) is 17.0 Å². The fraction of sp³-hybridized carbons (Fsp3) is 0.300. The van der Waals surface area contributed by atoms with Gasteiger partial charge in [-0.15, -0.1) is 0 Å². The van der Waals surface area contributed by atoms with Crippen molar-refractivity contribution in [3.05, 3.63) is 40.8 Å². The van der Waals surface area contributed by atoms with Crippen LogP contribution in [0.1, 0.15) is 11.5 Å². The Kier molecular flexibility index (Phi) is 3.62. The van der Waals surface area contributed by atoms with Gasteiger partial charge in [0.2, 0.25) is 0 Å². The van der Waals surface area contributed by atoms with Crippen molar-refractivity contribution in [2.75, 3.05) is 13.7 Å². The van der Waals surface area contributed by atoms with Crippen molar-refractivity contribution < 1.29 is 14.8 Å². The lowest BCUT2D eigenvalue weighted by Gasteiger charge is -2.12. The lowest BCUT2D eigenvalue weighted by Crippen LogP contribution is -2.03. The van der Waals surface area contributed by atoms with Gasteiger partial charge in [-0.25, -0.2) is 0 Å². The van der Waals surface area contributed by atoms with Crippen molar-refractivity contribution in [1.29, 1.82) is 0 Å². The zero-order valence-corrected chi connectivity index (χ0v) is 8.34. The molecule has 0 saturated carbocycles. The third-order valence-corrected chi connectivity index (χ3v) is 2.08. The molecule has 0 heterocycles. The summed E-state index contributed by atoms with van der Waals surface area (Å²) >= 11 is 0. The van der Waals surface area contributed by atoms with Crippen molar-refractivity contribution in [3.8, 4) is 5.75 Å². The number of hydrogen-bond acceptors (Lipinski definition) is 4. The number of non-ortho nitro benzene ring substituents is 1. The predicted octanol–water partition coefficient (Wildman–Crippen LogP) is 1.51. The molecule has 0 fully saturated rings. The molecule has 0 amide bonds. The summed E-state index contributed by atoms with van der Waals surface area (Å²) in [7, 11) is 1.47. The van der Waals surface area contributed by atoms with Gasteiger partial charge in [-0.3, -0.25) is 10.1 Å². The van der Waals surface area contributed by atoms with Gasteiger partial charge in [0.25, 0.3) is 5.69 Å². The number of methoxy groups -OCH3 is 1. The summed E-state index contributed by atoms with van der Waals surface area (Å²) in [6.07, 6.45) is 0. The summed E-state index contributed by atoms with van der Waals surface area (Å²) in [5, 5.41) is 19.5. The SMILES string of the molecule is [CH2]C(CO)c1cc([N+](=O)[O-])ccc1OC. The molecule has 1 unspecified atom stereocenters. The lowest BCUT2D eigenvalue weighted by molar-refractivity contribution is -0.384. The zero-order valence-electron chi connectivity index (χ0n) is 8.34. The van der Waals surface area contributed by atoms with Crippen LogP contribution in [0.15, 0.2) is 18.2 Å².